The van der Waals surface area contributed by atoms with Crippen molar-refractivity contribution in [3.05, 3.63) is 65.5 Å². The lowest BCUT2D eigenvalue weighted by molar-refractivity contribution is 0.592. The highest BCUT2D eigenvalue weighted by atomic mass is 32.2. The Morgan fingerprint density at radius 2 is 1.70 bits per heavy atom. The van der Waals surface area contributed by atoms with Crippen LogP contribution in [0.25, 0.3) is 0 Å². The average molecular weight is 330 g/mol. The maximum absolute atomic E-state index is 13.1. The Hall–Kier alpha value is -2.23. The van der Waals surface area contributed by atoms with E-state index in [4.69, 9.17) is 5.73 Å². The molecule has 0 radical (unpaired) electrons. The van der Waals surface area contributed by atoms with Gasteiger partial charge in [0.05, 0.1) is 11.0 Å². The van der Waals surface area contributed by atoms with E-state index in [0.717, 1.165) is 5.56 Å². The smallest absolute Gasteiger partial charge is 0.184 e. The minimum Gasteiger partial charge on any atom is -0.312 e. The van der Waals surface area contributed by atoms with Gasteiger partial charge in [-0.05, 0) is 36.8 Å². The molecule has 6 heteroatoms. The van der Waals surface area contributed by atoms with E-state index in [2.05, 4.69) is 0 Å². The minimum atomic E-state index is -3.75. The van der Waals surface area contributed by atoms with Crippen LogP contribution in [0.5, 0.6) is 0 Å². The number of benzene rings is 2. The molecule has 0 unspecified atom stereocenters. The molecule has 0 aromatic heterocycles. The summed E-state index contributed by atoms with van der Waals surface area (Å²) in [7, 11) is -3.75. The van der Waals surface area contributed by atoms with Gasteiger partial charge in [0.1, 0.15) is 16.6 Å². The van der Waals surface area contributed by atoms with Crippen LogP contribution in [-0.2, 0) is 9.84 Å². The quantitative estimate of drug-likeness (QED) is 0.936. The second-order valence-corrected chi connectivity index (χ2v) is 7.92. The summed E-state index contributed by atoms with van der Waals surface area (Å²) in [5.41, 5.74) is 6.02. The van der Waals surface area contributed by atoms with Crippen molar-refractivity contribution >= 4 is 9.84 Å². The Kier molecular flexibility index (Phi) is 3.51. The van der Waals surface area contributed by atoms with E-state index >= 15 is 0 Å². The minimum absolute atomic E-state index is 0.141. The number of rotatable bonds is 3. The molecule has 118 valence electrons. The zero-order valence-corrected chi connectivity index (χ0v) is 13.2. The van der Waals surface area contributed by atoms with E-state index in [-0.39, 0.29) is 4.90 Å². The third kappa shape index (κ3) is 2.42. The van der Waals surface area contributed by atoms with Crippen molar-refractivity contribution in [2.24, 2.45) is 5.73 Å². The molecule has 1 saturated carbocycles. The number of sulfone groups is 1. The van der Waals surface area contributed by atoms with Crippen molar-refractivity contribution in [2.45, 2.75) is 28.5 Å². The molecule has 2 aromatic carbocycles. The van der Waals surface area contributed by atoms with Crippen molar-refractivity contribution in [3.8, 4) is 6.07 Å². The van der Waals surface area contributed by atoms with Crippen molar-refractivity contribution < 1.29 is 12.8 Å². The molecule has 0 heterocycles. The Bertz CT molecular complexity index is 886. The topological polar surface area (TPSA) is 83.9 Å². The summed E-state index contributed by atoms with van der Waals surface area (Å²) in [5.74, 6) is -1.09. The van der Waals surface area contributed by atoms with Crippen molar-refractivity contribution in [1.82, 2.24) is 0 Å². The van der Waals surface area contributed by atoms with Crippen molar-refractivity contribution in [2.75, 3.05) is 0 Å². The van der Waals surface area contributed by atoms with Gasteiger partial charge in [0.25, 0.3) is 0 Å². The van der Waals surface area contributed by atoms with E-state index < -0.39 is 32.4 Å². The van der Waals surface area contributed by atoms with Crippen molar-refractivity contribution in [1.29, 1.82) is 5.26 Å². The lowest BCUT2D eigenvalue weighted by Crippen LogP contribution is -2.29. The van der Waals surface area contributed by atoms with Crippen LogP contribution >= 0.6 is 0 Å². The summed E-state index contributed by atoms with van der Waals surface area (Å²) >= 11 is 0. The predicted octanol–water partition coefficient (Wildman–Crippen LogP) is 2.29. The number of nitriles is 1. The van der Waals surface area contributed by atoms with Gasteiger partial charge in [-0.25, -0.2) is 12.8 Å². The zero-order valence-electron chi connectivity index (χ0n) is 12.4. The molecule has 3 rings (SSSR count). The molecule has 0 bridgehead atoms. The van der Waals surface area contributed by atoms with Crippen LogP contribution in [0, 0.1) is 24.1 Å². The third-order valence-electron chi connectivity index (χ3n) is 4.29. The monoisotopic (exact) mass is 330 g/mol. The number of nitrogens with zero attached hydrogens (tertiary/aromatic N) is 1. The van der Waals surface area contributed by atoms with Crippen LogP contribution < -0.4 is 5.73 Å². The molecule has 0 aliphatic heterocycles. The van der Waals surface area contributed by atoms with Gasteiger partial charge >= 0.3 is 0 Å². The first-order valence-electron chi connectivity index (χ1n) is 7.07. The van der Waals surface area contributed by atoms with Gasteiger partial charge in [-0.15, -0.1) is 0 Å². The molecule has 3 atom stereocenters. The first kappa shape index (κ1) is 15.7. The molecule has 2 N–H and O–H groups in total. The molecule has 23 heavy (non-hydrogen) atoms. The molecule has 1 aliphatic carbocycles. The average Bonchev–Trinajstić information content (AvgIpc) is 3.16. The Morgan fingerprint density at radius 3 is 2.22 bits per heavy atom. The first-order valence-corrected chi connectivity index (χ1v) is 8.61. The van der Waals surface area contributed by atoms with Gasteiger partial charge in [0.2, 0.25) is 0 Å². The summed E-state index contributed by atoms with van der Waals surface area (Å²) < 4.78 is 38.7. The SMILES string of the molecule is Cc1ccc(S(=O)(=O)[C@@H]2[C@H](c3ccc(F)cc3)[C@@]2(N)C#N)cc1. The summed E-state index contributed by atoms with van der Waals surface area (Å²) in [4.78, 5) is 0.141. The van der Waals surface area contributed by atoms with Gasteiger partial charge in [0, 0.05) is 5.92 Å². The fourth-order valence-corrected chi connectivity index (χ4v) is 5.12. The maximum Gasteiger partial charge on any atom is 0.184 e. The summed E-state index contributed by atoms with van der Waals surface area (Å²) in [6.07, 6.45) is 0. The summed E-state index contributed by atoms with van der Waals surface area (Å²) in [5, 5.41) is 8.33. The van der Waals surface area contributed by atoms with Gasteiger partial charge in [0.15, 0.2) is 9.84 Å². The number of halogens is 1. The van der Waals surface area contributed by atoms with E-state index in [9.17, 15) is 18.1 Å². The highest BCUT2D eigenvalue weighted by Gasteiger charge is 2.70. The number of aryl methyl sites for hydroxylation is 1. The Balaban J connectivity index is 2.03. The predicted molar refractivity (Wildman–Crippen MR) is 83.8 cm³/mol. The van der Waals surface area contributed by atoms with Crippen molar-refractivity contribution in [3.63, 3.8) is 0 Å². The highest BCUT2D eigenvalue weighted by Crippen LogP contribution is 2.55. The fraction of sp³-hybridized carbons (Fsp3) is 0.235. The molecule has 0 saturated heterocycles. The molecule has 4 nitrogen and oxygen atoms in total. The van der Waals surface area contributed by atoms with Crippen LogP contribution in [0.1, 0.15) is 17.0 Å². The van der Waals surface area contributed by atoms with Gasteiger partial charge in [-0.3, -0.25) is 0 Å². The van der Waals surface area contributed by atoms with E-state index in [1.807, 2.05) is 13.0 Å². The molecule has 0 spiro atoms. The fourth-order valence-electron chi connectivity index (χ4n) is 2.94. The first-order chi connectivity index (χ1) is 10.8. The second kappa shape index (κ2) is 5.15. The van der Waals surface area contributed by atoms with E-state index in [0.29, 0.717) is 5.56 Å². The molecule has 0 amide bonds. The number of nitrogens with two attached hydrogens (primary N) is 1. The Labute approximate surface area is 134 Å². The number of hydrogen-bond acceptors (Lipinski definition) is 4. The zero-order chi connectivity index (χ0) is 16.8. The van der Waals surface area contributed by atoms with Gasteiger partial charge in [-0.1, -0.05) is 29.8 Å². The van der Waals surface area contributed by atoms with Gasteiger partial charge in [-0.2, -0.15) is 5.26 Å². The lowest BCUT2D eigenvalue weighted by atomic mass is 10.1. The van der Waals surface area contributed by atoms with Gasteiger partial charge < -0.3 is 5.73 Å². The summed E-state index contributed by atoms with van der Waals surface area (Å²) in [6, 6.07) is 13.8. The van der Waals surface area contributed by atoms with Crippen LogP contribution in [0.2, 0.25) is 0 Å². The van der Waals surface area contributed by atoms with Crippen LogP contribution in [0.15, 0.2) is 53.4 Å². The standard InChI is InChI=1S/C17H15FN2O2S/c1-11-2-8-14(9-3-11)23(21,22)16-15(17(16,20)10-19)12-4-6-13(18)7-5-12/h2-9,15-16H,20H2,1H3/t15-,16+,17-/m0/s1. The van der Waals surface area contributed by atoms with Crippen LogP contribution in [-0.4, -0.2) is 19.2 Å². The van der Waals surface area contributed by atoms with Crippen LogP contribution in [0.4, 0.5) is 4.39 Å². The van der Waals surface area contributed by atoms with E-state index in [1.54, 1.807) is 12.1 Å². The third-order valence-corrected chi connectivity index (χ3v) is 6.55. The van der Waals surface area contributed by atoms with E-state index in [1.165, 1.54) is 36.4 Å². The molecule has 1 fully saturated rings. The normalized spacial score (nSPS) is 26.5. The largest absolute Gasteiger partial charge is 0.312 e. The molecular weight excluding hydrogens is 315 g/mol. The second-order valence-electron chi connectivity index (χ2n) is 5.85. The Morgan fingerprint density at radius 1 is 1.13 bits per heavy atom. The molecular formula is C17H15FN2O2S. The highest BCUT2D eigenvalue weighted by molar-refractivity contribution is 7.92. The number of hydrogen-bond donors (Lipinski definition) is 1. The summed E-state index contributed by atoms with van der Waals surface area (Å²) in [6.45, 7) is 1.86. The molecule has 2 aromatic rings. The van der Waals surface area contributed by atoms with Crippen LogP contribution in [0.3, 0.4) is 0 Å². The lowest BCUT2D eigenvalue weighted by Gasteiger charge is -2.05. The maximum atomic E-state index is 13.1. The molecule has 1 aliphatic rings.